The second-order valence-electron chi connectivity index (χ2n) is 7.99. The third kappa shape index (κ3) is 5.76. The first-order valence-corrected chi connectivity index (χ1v) is 12.5. The molecule has 164 valence electrons. The molecule has 0 aromatic heterocycles. The van der Waals surface area contributed by atoms with Gasteiger partial charge in [-0.3, -0.25) is 0 Å². The van der Waals surface area contributed by atoms with Crippen molar-refractivity contribution in [2.24, 2.45) is 5.92 Å². The van der Waals surface area contributed by atoms with E-state index < -0.39 is 34.0 Å². The van der Waals surface area contributed by atoms with Crippen LogP contribution in [0.3, 0.4) is 0 Å². The van der Waals surface area contributed by atoms with E-state index in [1.165, 1.54) is 0 Å². The lowest BCUT2D eigenvalue weighted by Gasteiger charge is -2.27. The molecule has 4 atom stereocenters. The summed E-state index contributed by atoms with van der Waals surface area (Å²) in [5, 5.41) is 0. The molecule has 0 saturated carbocycles. The maximum absolute atomic E-state index is 15.9. The summed E-state index contributed by atoms with van der Waals surface area (Å²) in [6.45, 7) is 7.69. The van der Waals surface area contributed by atoms with Gasteiger partial charge in [0.15, 0.2) is 0 Å². The average molecular weight is 458 g/mol. The molecular formula is C25H28FNO2S2. The summed E-state index contributed by atoms with van der Waals surface area (Å²) >= 11 is 0. The summed E-state index contributed by atoms with van der Waals surface area (Å²) in [5.41, 5.74) is 2.49. The Labute approximate surface area is 189 Å². The van der Waals surface area contributed by atoms with Crippen molar-refractivity contribution < 1.29 is 12.8 Å². The highest BCUT2D eigenvalue weighted by atomic mass is 32.2. The van der Waals surface area contributed by atoms with Crippen LogP contribution >= 0.6 is 0 Å². The van der Waals surface area contributed by atoms with Gasteiger partial charge in [-0.25, -0.2) is 17.5 Å². The predicted molar refractivity (Wildman–Crippen MR) is 125 cm³/mol. The topological polar surface area (TPSA) is 46.2 Å². The monoisotopic (exact) mass is 457 g/mol. The fourth-order valence-electron chi connectivity index (χ4n) is 3.25. The Balaban J connectivity index is 1.89. The van der Waals surface area contributed by atoms with E-state index in [-0.39, 0.29) is 5.92 Å². The summed E-state index contributed by atoms with van der Waals surface area (Å²) in [6.07, 6.45) is -1.47. The van der Waals surface area contributed by atoms with Crippen LogP contribution in [0.5, 0.6) is 0 Å². The molecule has 0 heterocycles. The van der Waals surface area contributed by atoms with E-state index >= 15 is 4.39 Å². The summed E-state index contributed by atoms with van der Waals surface area (Å²) in [6, 6.07) is 20.9. The van der Waals surface area contributed by atoms with Crippen molar-refractivity contribution in [1.29, 1.82) is 0 Å². The molecule has 0 saturated heterocycles. The minimum absolute atomic E-state index is 0.134. The molecule has 3 nitrogen and oxygen atoms in total. The van der Waals surface area contributed by atoms with E-state index in [2.05, 4.69) is 4.72 Å². The van der Waals surface area contributed by atoms with Crippen LogP contribution in [0.15, 0.2) is 87.5 Å². The molecule has 3 rings (SSSR count). The number of hydrogen-bond donors (Lipinski definition) is 1. The summed E-state index contributed by atoms with van der Waals surface area (Å²) in [5.74, 6) is -0.134. The first-order valence-electron chi connectivity index (χ1n) is 10.2. The van der Waals surface area contributed by atoms with Gasteiger partial charge < -0.3 is 0 Å². The molecule has 6 heteroatoms. The number of benzene rings is 3. The normalized spacial score (nSPS) is 15.4. The molecule has 1 N–H and O–H groups in total. The summed E-state index contributed by atoms with van der Waals surface area (Å²) in [4.78, 5) is 1.66. The third-order valence-corrected chi connectivity index (χ3v) is 7.82. The minimum Gasteiger partial charge on any atom is -0.249 e. The minimum atomic E-state index is -1.56. The Morgan fingerprint density at radius 2 is 1.29 bits per heavy atom. The van der Waals surface area contributed by atoms with Gasteiger partial charge in [0.05, 0.1) is 21.7 Å². The standard InChI is InChI=1S/C25H28FNO2S2/c1-17(2)25(27-31(29)21-15-11-19(4)12-16-21)24(26)22-7-5-6-8-23(22)30(28)20-13-9-18(3)10-14-20/h5-17,24-25,27H,1-4H3/t24-,25+,30-,31?/m0/s1. The molecule has 0 amide bonds. The summed E-state index contributed by atoms with van der Waals surface area (Å²) in [7, 11) is -3.07. The van der Waals surface area contributed by atoms with Crippen LogP contribution < -0.4 is 4.72 Å². The van der Waals surface area contributed by atoms with Gasteiger partial charge >= 0.3 is 0 Å². The SMILES string of the molecule is Cc1ccc(S(=O)N[C@H](C(C)C)[C@@H](F)c2ccccc2[S@@](=O)c2ccc(C)cc2)cc1. The van der Waals surface area contributed by atoms with Crippen molar-refractivity contribution in [3.8, 4) is 0 Å². The van der Waals surface area contributed by atoms with Gasteiger partial charge in [0.25, 0.3) is 0 Å². The molecule has 3 aromatic rings. The average Bonchev–Trinajstić information content (AvgIpc) is 2.77. The lowest BCUT2D eigenvalue weighted by Crippen LogP contribution is -2.39. The van der Waals surface area contributed by atoms with Crippen molar-refractivity contribution in [2.75, 3.05) is 0 Å². The van der Waals surface area contributed by atoms with Crippen LogP contribution in [0.25, 0.3) is 0 Å². The lowest BCUT2D eigenvalue weighted by molar-refractivity contribution is 0.230. The van der Waals surface area contributed by atoms with E-state index in [0.717, 1.165) is 11.1 Å². The molecule has 0 radical (unpaired) electrons. The van der Waals surface area contributed by atoms with Gasteiger partial charge in [-0.15, -0.1) is 0 Å². The van der Waals surface area contributed by atoms with E-state index in [4.69, 9.17) is 0 Å². The molecule has 0 spiro atoms. The largest absolute Gasteiger partial charge is 0.249 e. The zero-order valence-electron chi connectivity index (χ0n) is 18.2. The van der Waals surface area contributed by atoms with Crippen LogP contribution in [0, 0.1) is 19.8 Å². The van der Waals surface area contributed by atoms with Gasteiger partial charge in [-0.05, 0) is 50.1 Å². The number of alkyl halides is 1. The zero-order valence-corrected chi connectivity index (χ0v) is 19.8. The van der Waals surface area contributed by atoms with Crippen molar-refractivity contribution in [1.82, 2.24) is 4.72 Å². The van der Waals surface area contributed by atoms with Crippen LogP contribution in [0.4, 0.5) is 4.39 Å². The number of halogens is 1. The van der Waals surface area contributed by atoms with Gasteiger partial charge in [0.2, 0.25) is 0 Å². The maximum Gasteiger partial charge on any atom is 0.143 e. The van der Waals surface area contributed by atoms with E-state index in [1.807, 2.05) is 52.0 Å². The number of rotatable bonds is 8. The van der Waals surface area contributed by atoms with Crippen LogP contribution in [0.2, 0.25) is 0 Å². The quantitative estimate of drug-likeness (QED) is 0.463. The zero-order chi connectivity index (χ0) is 22.5. The Kier molecular flexibility index (Phi) is 7.92. The molecular weight excluding hydrogens is 429 g/mol. The van der Waals surface area contributed by atoms with Crippen molar-refractivity contribution in [3.05, 3.63) is 89.5 Å². The van der Waals surface area contributed by atoms with Crippen LogP contribution in [0.1, 0.15) is 36.7 Å². The highest BCUT2D eigenvalue weighted by molar-refractivity contribution is 7.85. The molecule has 0 aliphatic heterocycles. The Morgan fingerprint density at radius 1 is 0.774 bits per heavy atom. The van der Waals surface area contributed by atoms with Gasteiger partial charge in [-0.1, -0.05) is 67.4 Å². The van der Waals surface area contributed by atoms with Gasteiger partial charge in [0, 0.05) is 15.4 Å². The second-order valence-corrected chi connectivity index (χ2v) is 10.7. The first-order chi connectivity index (χ1) is 14.8. The number of hydrogen-bond acceptors (Lipinski definition) is 2. The van der Waals surface area contributed by atoms with Crippen molar-refractivity contribution >= 4 is 21.8 Å². The maximum atomic E-state index is 15.9. The number of nitrogens with one attached hydrogen (secondary N) is 1. The predicted octanol–water partition coefficient (Wildman–Crippen LogP) is 5.82. The van der Waals surface area contributed by atoms with Crippen LogP contribution in [-0.4, -0.2) is 14.5 Å². The highest BCUT2D eigenvalue weighted by Gasteiger charge is 2.30. The molecule has 31 heavy (non-hydrogen) atoms. The molecule has 1 unspecified atom stereocenters. The fourth-order valence-corrected chi connectivity index (χ4v) is 5.64. The fraction of sp³-hybridized carbons (Fsp3) is 0.280. The molecule has 0 aliphatic rings. The lowest BCUT2D eigenvalue weighted by atomic mass is 9.95. The Morgan fingerprint density at radius 3 is 1.84 bits per heavy atom. The Hall–Kier alpha value is -2.15. The third-order valence-electron chi connectivity index (χ3n) is 5.16. The van der Waals surface area contributed by atoms with Crippen molar-refractivity contribution in [3.63, 3.8) is 0 Å². The smallest absolute Gasteiger partial charge is 0.143 e. The first kappa shape index (κ1) is 23.5. The van der Waals surface area contributed by atoms with E-state index in [1.54, 1.807) is 48.5 Å². The molecule has 0 aliphatic carbocycles. The van der Waals surface area contributed by atoms with Crippen molar-refractivity contribution in [2.45, 2.75) is 54.6 Å². The van der Waals surface area contributed by atoms with Crippen LogP contribution in [-0.2, 0) is 21.8 Å². The molecule has 3 aromatic carbocycles. The second kappa shape index (κ2) is 10.4. The highest BCUT2D eigenvalue weighted by Crippen LogP contribution is 2.32. The summed E-state index contributed by atoms with van der Waals surface area (Å²) < 4.78 is 44.9. The van der Waals surface area contributed by atoms with Gasteiger partial charge in [-0.2, -0.15) is 0 Å². The molecule has 0 fully saturated rings. The Bertz CT molecular complexity index is 1070. The van der Waals surface area contributed by atoms with E-state index in [0.29, 0.717) is 20.2 Å². The number of aryl methyl sites for hydroxylation is 2. The molecule has 0 bridgehead atoms. The van der Waals surface area contributed by atoms with Gasteiger partial charge in [0.1, 0.15) is 17.2 Å². The van der Waals surface area contributed by atoms with E-state index in [9.17, 15) is 8.42 Å².